The number of amides is 2. The Labute approximate surface area is 126 Å². The largest absolute Gasteiger partial charge is 0.481 e. The molecule has 6 nitrogen and oxygen atoms in total. The molecule has 0 aliphatic heterocycles. The van der Waals surface area contributed by atoms with E-state index in [2.05, 4.69) is 19.2 Å². The zero-order valence-electron chi connectivity index (χ0n) is 13.3. The Hall–Kier alpha value is -1.30. The van der Waals surface area contributed by atoms with Crippen molar-refractivity contribution in [1.82, 2.24) is 10.2 Å². The van der Waals surface area contributed by atoms with Gasteiger partial charge in [-0.2, -0.15) is 0 Å². The first kappa shape index (κ1) is 17.8. The van der Waals surface area contributed by atoms with Gasteiger partial charge in [0, 0.05) is 25.7 Å². The number of carboxylic acids is 1. The summed E-state index contributed by atoms with van der Waals surface area (Å²) in [4.78, 5) is 25.2. The van der Waals surface area contributed by atoms with Gasteiger partial charge >= 0.3 is 12.0 Å². The molecule has 0 unspecified atom stereocenters. The second-order valence-electron chi connectivity index (χ2n) is 5.65. The topological polar surface area (TPSA) is 78.9 Å². The molecule has 0 aromatic heterocycles. The Morgan fingerprint density at radius 3 is 2.48 bits per heavy atom. The molecule has 1 fully saturated rings. The van der Waals surface area contributed by atoms with Crippen molar-refractivity contribution in [3.8, 4) is 0 Å². The van der Waals surface area contributed by atoms with E-state index in [0.29, 0.717) is 26.0 Å². The molecule has 0 heterocycles. The molecule has 2 amide bonds. The van der Waals surface area contributed by atoms with Crippen LogP contribution in [0.4, 0.5) is 4.79 Å². The van der Waals surface area contributed by atoms with Gasteiger partial charge in [0.2, 0.25) is 0 Å². The van der Waals surface area contributed by atoms with Crippen LogP contribution < -0.4 is 5.32 Å². The van der Waals surface area contributed by atoms with Gasteiger partial charge in [-0.05, 0) is 32.1 Å². The van der Waals surface area contributed by atoms with Crippen molar-refractivity contribution in [2.75, 3.05) is 20.3 Å². The normalized spacial score (nSPS) is 21.5. The Balaban J connectivity index is 2.57. The van der Waals surface area contributed by atoms with Crippen LogP contribution in [0, 0.1) is 5.92 Å². The quantitative estimate of drug-likeness (QED) is 0.719. The van der Waals surface area contributed by atoms with Crippen LogP contribution in [0.25, 0.3) is 0 Å². The van der Waals surface area contributed by atoms with Crippen LogP contribution in [0.2, 0.25) is 0 Å². The minimum Gasteiger partial charge on any atom is -0.481 e. The van der Waals surface area contributed by atoms with Crippen LogP contribution in [-0.2, 0) is 9.53 Å². The number of urea groups is 1. The minimum absolute atomic E-state index is 0.0296. The van der Waals surface area contributed by atoms with Crippen molar-refractivity contribution < 1.29 is 19.4 Å². The number of aliphatic carboxylic acids is 1. The van der Waals surface area contributed by atoms with Crippen LogP contribution in [0.5, 0.6) is 0 Å². The summed E-state index contributed by atoms with van der Waals surface area (Å²) >= 11 is 0. The van der Waals surface area contributed by atoms with E-state index in [1.165, 1.54) is 0 Å². The van der Waals surface area contributed by atoms with Gasteiger partial charge in [-0.1, -0.05) is 13.8 Å². The number of nitrogens with zero attached hydrogens (tertiary/aromatic N) is 1. The first-order valence-electron chi connectivity index (χ1n) is 7.82. The maximum Gasteiger partial charge on any atom is 0.317 e. The van der Waals surface area contributed by atoms with Crippen LogP contribution in [0.3, 0.4) is 0 Å². The molecular weight excluding hydrogens is 272 g/mol. The van der Waals surface area contributed by atoms with E-state index in [-0.39, 0.29) is 24.0 Å². The van der Waals surface area contributed by atoms with Gasteiger partial charge in [-0.15, -0.1) is 0 Å². The molecule has 1 aliphatic carbocycles. The zero-order valence-corrected chi connectivity index (χ0v) is 13.3. The lowest BCUT2D eigenvalue weighted by Crippen LogP contribution is -2.49. The number of carboxylic acid groups (broad SMARTS) is 1. The van der Waals surface area contributed by atoms with E-state index in [1.54, 1.807) is 7.11 Å². The third-order valence-corrected chi connectivity index (χ3v) is 4.29. The van der Waals surface area contributed by atoms with Gasteiger partial charge in [0.1, 0.15) is 0 Å². The van der Waals surface area contributed by atoms with Crippen molar-refractivity contribution in [2.24, 2.45) is 5.92 Å². The molecule has 0 aromatic carbocycles. The van der Waals surface area contributed by atoms with Gasteiger partial charge in [-0.3, -0.25) is 4.79 Å². The van der Waals surface area contributed by atoms with E-state index in [1.807, 2.05) is 4.90 Å². The number of methoxy groups -OCH3 is 1. The first-order chi connectivity index (χ1) is 10.0. The van der Waals surface area contributed by atoms with Crippen LogP contribution in [-0.4, -0.2) is 54.4 Å². The van der Waals surface area contributed by atoms with Gasteiger partial charge in [-0.25, -0.2) is 4.79 Å². The molecule has 1 rings (SSSR count). The number of carbonyl (C=O) groups is 2. The molecule has 21 heavy (non-hydrogen) atoms. The number of hydrogen-bond acceptors (Lipinski definition) is 3. The van der Waals surface area contributed by atoms with Crippen molar-refractivity contribution in [3.05, 3.63) is 0 Å². The summed E-state index contributed by atoms with van der Waals surface area (Å²) < 4.78 is 5.08. The molecule has 6 heteroatoms. The molecule has 0 radical (unpaired) electrons. The first-order valence-corrected chi connectivity index (χ1v) is 7.82. The Bertz CT molecular complexity index is 345. The van der Waals surface area contributed by atoms with E-state index in [9.17, 15) is 9.59 Å². The van der Waals surface area contributed by atoms with Crippen LogP contribution in [0.15, 0.2) is 0 Å². The molecule has 0 aromatic rings. The average Bonchev–Trinajstić information content (AvgIpc) is 2.92. The average molecular weight is 300 g/mol. The number of ether oxygens (including phenoxy) is 1. The standard InChI is InChI=1S/C15H28N2O4/c1-4-13(5-2)17(8-9-21-3)15(20)16-12-7-6-11(10-12)14(18)19/h11-13H,4-10H2,1-3H3,(H,16,20)(H,18,19)/t11-,12+/m1/s1. The fourth-order valence-electron chi connectivity index (χ4n) is 2.96. The molecule has 0 bridgehead atoms. The molecule has 2 atom stereocenters. The Morgan fingerprint density at radius 1 is 1.33 bits per heavy atom. The highest BCUT2D eigenvalue weighted by Crippen LogP contribution is 2.26. The summed E-state index contributed by atoms with van der Waals surface area (Å²) in [6, 6.07) is 0.0617. The predicted octanol–water partition coefficient (Wildman–Crippen LogP) is 2.09. The van der Waals surface area contributed by atoms with E-state index in [4.69, 9.17) is 9.84 Å². The zero-order chi connectivity index (χ0) is 15.8. The fraction of sp³-hybridized carbons (Fsp3) is 0.867. The third-order valence-electron chi connectivity index (χ3n) is 4.29. The number of rotatable bonds is 8. The molecule has 1 aliphatic rings. The van der Waals surface area contributed by atoms with Gasteiger partial charge in [0.05, 0.1) is 12.5 Å². The molecule has 122 valence electrons. The van der Waals surface area contributed by atoms with Crippen molar-refractivity contribution >= 4 is 12.0 Å². The van der Waals surface area contributed by atoms with Crippen LogP contribution >= 0.6 is 0 Å². The minimum atomic E-state index is -0.761. The van der Waals surface area contributed by atoms with Gasteiger partial charge in [0.25, 0.3) is 0 Å². The summed E-state index contributed by atoms with van der Waals surface area (Å²) in [6.45, 7) is 5.20. The fourth-order valence-corrected chi connectivity index (χ4v) is 2.96. The summed E-state index contributed by atoms with van der Waals surface area (Å²) in [5.74, 6) is -1.08. The Kier molecular flexibility index (Phi) is 7.50. The number of hydrogen-bond donors (Lipinski definition) is 2. The second kappa shape index (κ2) is 8.87. The highest BCUT2D eigenvalue weighted by Gasteiger charge is 2.32. The smallest absolute Gasteiger partial charge is 0.317 e. The van der Waals surface area contributed by atoms with E-state index in [0.717, 1.165) is 19.3 Å². The summed E-state index contributed by atoms with van der Waals surface area (Å²) in [5.41, 5.74) is 0. The van der Waals surface area contributed by atoms with Crippen molar-refractivity contribution in [1.29, 1.82) is 0 Å². The van der Waals surface area contributed by atoms with Crippen LogP contribution in [0.1, 0.15) is 46.0 Å². The molecule has 1 saturated carbocycles. The monoisotopic (exact) mass is 300 g/mol. The summed E-state index contributed by atoms with van der Waals surface area (Å²) in [5, 5.41) is 12.0. The lowest BCUT2D eigenvalue weighted by Gasteiger charge is -2.31. The van der Waals surface area contributed by atoms with Crippen molar-refractivity contribution in [3.63, 3.8) is 0 Å². The maximum atomic E-state index is 12.5. The summed E-state index contributed by atoms with van der Waals surface area (Å²) in [7, 11) is 1.62. The SMILES string of the molecule is CCC(CC)N(CCOC)C(=O)N[C@H]1CC[C@@H](C(=O)O)C1. The highest BCUT2D eigenvalue weighted by atomic mass is 16.5. The molecule has 0 saturated heterocycles. The number of carbonyl (C=O) groups excluding carboxylic acids is 1. The van der Waals surface area contributed by atoms with E-state index < -0.39 is 5.97 Å². The third kappa shape index (κ3) is 5.19. The second-order valence-corrected chi connectivity index (χ2v) is 5.65. The molecule has 0 spiro atoms. The number of nitrogens with one attached hydrogen (secondary N) is 1. The lowest BCUT2D eigenvalue weighted by molar-refractivity contribution is -0.141. The van der Waals surface area contributed by atoms with Gasteiger partial charge < -0.3 is 20.1 Å². The van der Waals surface area contributed by atoms with Gasteiger partial charge in [0.15, 0.2) is 0 Å². The lowest BCUT2D eigenvalue weighted by atomic mass is 10.1. The predicted molar refractivity (Wildman–Crippen MR) is 80.2 cm³/mol. The Morgan fingerprint density at radius 2 is 2.00 bits per heavy atom. The van der Waals surface area contributed by atoms with E-state index >= 15 is 0 Å². The highest BCUT2D eigenvalue weighted by molar-refractivity contribution is 5.75. The summed E-state index contributed by atoms with van der Waals surface area (Å²) in [6.07, 6.45) is 3.71. The van der Waals surface area contributed by atoms with Crippen molar-refractivity contribution in [2.45, 2.75) is 58.0 Å². The maximum absolute atomic E-state index is 12.5. The molecular formula is C15H28N2O4. The molecule has 2 N–H and O–H groups in total.